The number of nitrogens with one attached hydrogen (secondary N) is 1. The van der Waals surface area contributed by atoms with Crippen molar-refractivity contribution in [3.63, 3.8) is 0 Å². The van der Waals surface area contributed by atoms with Crippen LogP contribution in [0, 0.1) is 0 Å². The molecule has 402 valence electrons. The second-order valence-corrected chi connectivity index (χ2v) is 20.1. The van der Waals surface area contributed by atoms with Gasteiger partial charge in [-0.1, -0.05) is 199 Å². The summed E-state index contributed by atoms with van der Waals surface area (Å²) in [6.07, 6.45) is 27.8. The van der Waals surface area contributed by atoms with Crippen LogP contribution < -0.4 is 5.32 Å². The summed E-state index contributed by atoms with van der Waals surface area (Å²) in [4.78, 5) is 13.2. The molecule has 0 bridgehead atoms. The van der Waals surface area contributed by atoms with Crippen LogP contribution in [0.5, 0.6) is 0 Å². The topological polar surface area (TPSA) is 228 Å². The molecule has 2 aliphatic heterocycles. The van der Waals surface area contributed by atoms with Crippen molar-refractivity contribution in [2.75, 3.05) is 19.8 Å². The van der Waals surface area contributed by atoms with E-state index in [4.69, 9.17) is 18.9 Å². The summed E-state index contributed by atoms with van der Waals surface area (Å²) in [5.41, 5.74) is 0. The van der Waals surface area contributed by atoms with E-state index in [1.54, 1.807) is 0 Å². The number of ether oxygens (including phenoxy) is 4. The van der Waals surface area contributed by atoms with Crippen molar-refractivity contribution in [2.24, 2.45) is 0 Å². The molecule has 0 aromatic rings. The number of hydrogen-bond acceptors (Lipinski definition) is 13. The van der Waals surface area contributed by atoms with Gasteiger partial charge in [0.25, 0.3) is 0 Å². The number of hydrogen-bond donors (Lipinski definition) is 9. The van der Waals surface area contributed by atoms with Crippen molar-refractivity contribution < 1.29 is 64.6 Å². The highest BCUT2D eigenvalue weighted by Gasteiger charge is 2.51. The minimum atomic E-state index is -1.78. The molecule has 0 aromatic heterocycles. The highest BCUT2D eigenvalue weighted by Crippen LogP contribution is 2.30. The van der Waals surface area contributed by atoms with Gasteiger partial charge in [0.15, 0.2) is 12.6 Å². The SMILES string of the molecule is CCCCCCCC/C=C\CCCCCCCCCCCCCC(=O)N[C@@H](CO[C@@H]1OC(CO)[C@@H](O[C@@H]2OC(CO)[C@H](O)[C@H](O)C2O)[C@H](O)C1O)[C@H](O)CCCCCCCCCCCCCCC. The van der Waals surface area contributed by atoms with Crippen LogP contribution in [-0.2, 0) is 23.7 Å². The Morgan fingerprint density at radius 1 is 0.515 bits per heavy atom. The van der Waals surface area contributed by atoms with Crippen molar-refractivity contribution in [3.8, 4) is 0 Å². The first kappa shape index (κ1) is 62.8. The minimum absolute atomic E-state index is 0.206. The number of unbranched alkanes of at least 4 members (excludes halogenated alkanes) is 29. The molecule has 4 unspecified atom stereocenters. The fraction of sp³-hybridized carbons (Fsp3) is 0.944. The van der Waals surface area contributed by atoms with Crippen molar-refractivity contribution in [2.45, 2.75) is 306 Å². The number of allylic oxidation sites excluding steroid dienone is 2. The maximum absolute atomic E-state index is 13.2. The van der Waals surface area contributed by atoms with Crippen molar-refractivity contribution >= 4 is 5.91 Å². The van der Waals surface area contributed by atoms with Crippen LogP contribution in [0.2, 0.25) is 0 Å². The van der Waals surface area contributed by atoms with E-state index in [0.717, 1.165) is 51.4 Å². The summed E-state index contributed by atoms with van der Waals surface area (Å²) in [5.74, 6) is -0.206. The lowest BCUT2D eigenvalue weighted by Gasteiger charge is -2.46. The second-order valence-electron chi connectivity index (χ2n) is 20.1. The second kappa shape index (κ2) is 41.2. The van der Waals surface area contributed by atoms with Gasteiger partial charge in [-0.05, 0) is 38.5 Å². The van der Waals surface area contributed by atoms with E-state index in [1.807, 2.05) is 0 Å². The number of carbonyl (C=O) groups excluding carboxylic acids is 1. The molecule has 0 spiro atoms. The maximum Gasteiger partial charge on any atom is 0.220 e. The highest BCUT2D eigenvalue weighted by atomic mass is 16.7. The Kier molecular flexibility index (Phi) is 38.1. The van der Waals surface area contributed by atoms with Crippen LogP contribution in [0.1, 0.15) is 232 Å². The summed E-state index contributed by atoms with van der Waals surface area (Å²) in [7, 11) is 0. The third-order valence-electron chi connectivity index (χ3n) is 14.0. The van der Waals surface area contributed by atoms with Gasteiger partial charge in [-0.2, -0.15) is 0 Å². The Labute approximate surface area is 412 Å². The number of amides is 1. The standard InChI is InChI=1S/C54H103NO13/c1-3-5-7-9-11-13-15-17-18-19-20-21-22-23-24-26-28-30-32-34-36-38-46(59)55-42(43(58)37-35-33-31-29-27-25-16-14-12-10-8-6-4-2)41-65-53-51(64)49(62)52(45(40-57)67-53)68-54-50(63)48(61)47(60)44(39-56)66-54/h17-18,42-45,47-54,56-58,60-64H,3-16,19-41H2,1-2H3,(H,55,59)/b18-17-/t42-,43+,44?,45?,47-,48-,49+,50?,51?,52+,53+,54-/m0/s1. The summed E-state index contributed by atoms with van der Waals surface area (Å²) in [6.45, 7) is 2.86. The molecule has 2 heterocycles. The van der Waals surface area contributed by atoms with E-state index in [9.17, 15) is 45.6 Å². The first-order valence-electron chi connectivity index (χ1n) is 27.9. The summed E-state index contributed by atoms with van der Waals surface area (Å²) < 4.78 is 22.8. The lowest BCUT2D eigenvalue weighted by Crippen LogP contribution is -2.65. The fourth-order valence-electron chi connectivity index (χ4n) is 9.41. The Morgan fingerprint density at radius 3 is 1.40 bits per heavy atom. The van der Waals surface area contributed by atoms with Gasteiger partial charge in [0.05, 0.1) is 32.0 Å². The fourth-order valence-corrected chi connectivity index (χ4v) is 9.41. The molecule has 2 rings (SSSR count). The summed E-state index contributed by atoms with van der Waals surface area (Å²) in [5, 5.41) is 87.0. The van der Waals surface area contributed by atoms with Crippen LogP contribution in [0.15, 0.2) is 12.2 Å². The van der Waals surface area contributed by atoms with Crippen LogP contribution in [0.3, 0.4) is 0 Å². The van der Waals surface area contributed by atoms with E-state index in [2.05, 4.69) is 31.3 Å². The van der Waals surface area contributed by atoms with Crippen LogP contribution >= 0.6 is 0 Å². The predicted octanol–water partition coefficient (Wildman–Crippen LogP) is 8.33. The normalized spacial score (nSPS) is 26.4. The van der Waals surface area contributed by atoms with Gasteiger partial charge < -0.3 is 65.1 Å². The Morgan fingerprint density at radius 2 is 0.926 bits per heavy atom. The average molecular weight is 974 g/mol. The number of aliphatic hydroxyl groups excluding tert-OH is 8. The molecule has 0 radical (unpaired) electrons. The zero-order chi connectivity index (χ0) is 49.6. The largest absolute Gasteiger partial charge is 0.394 e. The molecular weight excluding hydrogens is 871 g/mol. The van der Waals surface area contributed by atoms with E-state index >= 15 is 0 Å². The molecule has 0 saturated carbocycles. The third-order valence-corrected chi connectivity index (χ3v) is 14.0. The Hall–Kier alpha value is -1.27. The van der Waals surface area contributed by atoms with Crippen molar-refractivity contribution in [1.29, 1.82) is 0 Å². The third kappa shape index (κ3) is 27.5. The molecule has 2 aliphatic rings. The molecule has 1 amide bonds. The van der Waals surface area contributed by atoms with E-state index in [-0.39, 0.29) is 12.5 Å². The lowest BCUT2D eigenvalue weighted by molar-refractivity contribution is -0.359. The van der Waals surface area contributed by atoms with Gasteiger partial charge >= 0.3 is 0 Å². The van der Waals surface area contributed by atoms with E-state index < -0.39 is 86.8 Å². The Bertz CT molecular complexity index is 1200. The number of carbonyl (C=O) groups is 1. The van der Waals surface area contributed by atoms with Crippen LogP contribution in [0.4, 0.5) is 0 Å². The molecule has 12 atom stereocenters. The van der Waals surface area contributed by atoms with Gasteiger partial charge in [0, 0.05) is 6.42 Å². The van der Waals surface area contributed by atoms with E-state index in [1.165, 1.54) is 154 Å². The maximum atomic E-state index is 13.2. The zero-order valence-electron chi connectivity index (χ0n) is 42.9. The number of rotatable bonds is 44. The monoisotopic (exact) mass is 974 g/mol. The van der Waals surface area contributed by atoms with Crippen molar-refractivity contribution in [3.05, 3.63) is 12.2 Å². The molecule has 14 heteroatoms. The summed E-state index contributed by atoms with van der Waals surface area (Å²) >= 11 is 0. The number of aliphatic hydroxyl groups is 8. The summed E-state index contributed by atoms with van der Waals surface area (Å²) in [6, 6.07) is -0.824. The smallest absolute Gasteiger partial charge is 0.220 e. The highest BCUT2D eigenvalue weighted by molar-refractivity contribution is 5.76. The van der Waals surface area contributed by atoms with Gasteiger partial charge in [0.2, 0.25) is 5.91 Å². The minimum Gasteiger partial charge on any atom is -0.394 e. The molecule has 0 aliphatic carbocycles. The molecule has 68 heavy (non-hydrogen) atoms. The molecule has 0 aromatic carbocycles. The quantitative estimate of drug-likeness (QED) is 0.0207. The molecule has 2 fully saturated rings. The van der Waals surface area contributed by atoms with Gasteiger partial charge in [-0.25, -0.2) is 0 Å². The molecule has 9 N–H and O–H groups in total. The van der Waals surface area contributed by atoms with Gasteiger partial charge in [-0.15, -0.1) is 0 Å². The van der Waals surface area contributed by atoms with E-state index in [0.29, 0.717) is 12.8 Å². The molecular formula is C54H103NO13. The zero-order valence-corrected chi connectivity index (χ0v) is 42.9. The van der Waals surface area contributed by atoms with Crippen LogP contribution in [0.25, 0.3) is 0 Å². The Balaban J connectivity index is 1.76. The lowest BCUT2D eigenvalue weighted by atomic mass is 9.97. The van der Waals surface area contributed by atoms with Gasteiger partial charge in [-0.3, -0.25) is 4.79 Å². The van der Waals surface area contributed by atoms with Crippen LogP contribution in [-0.4, -0.2) is 140 Å². The van der Waals surface area contributed by atoms with Crippen molar-refractivity contribution in [1.82, 2.24) is 5.32 Å². The first-order chi connectivity index (χ1) is 33.1. The molecule has 2 saturated heterocycles. The first-order valence-corrected chi connectivity index (χ1v) is 27.9. The predicted molar refractivity (Wildman–Crippen MR) is 268 cm³/mol. The molecule has 14 nitrogen and oxygen atoms in total. The van der Waals surface area contributed by atoms with Gasteiger partial charge in [0.1, 0.15) is 48.8 Å². The average Bonchev–Trinajstić information content (AvgIpc) is 3.34.